The minimum Gasteiger partial charge on any atom is -0.410 e. The summed E-state index contributed by atoms with van der Waals surface area (Å²) >= 11 is 0. The first kappa shape index (κ1) is 14.0. The van der Waals surface area contributed by atoms with Crippen molar-refractivity contribution in [2.45, 2.75) is 39.3 Å². The van der Waals surface area contributed by atoms with Gasteiger partial charge < -0.3 is 8.85 Å². The largest absolute Gasteiger partial charge is 0.410 e. The van der Waals surface area contributed by atoms with Crippen molar-refractivity contribution in [3.63, 3.8) is 0 Å². The van der Waals surface area contributed by atoms with Gasteiger partial charge in [0.25, 0.3) is 0 Å². The fraction of sp³-hybridized carbons (Fsp3) is 0.889. The summed E-state index contributed by atoms with van der Waals surface area (Å²) in [6, 6.07) is 0. The molecule has 0 heterocycles. The predicted molar refractivity (Wildman–Crippen MR) is 63.6 cm³/mol. The van der Waals surface area contributed by atoms with Crippen molar-refractivity contribution in [3.05, 3.63) is 0 Å². The molecule has 0 N–H and O–H groups in total. The van der Waals surface area contributed by atoms with Gasteiger partial charge in [-0.1, -0.05) is 0 Å². The van der Waals surface area contributed by atoms with Crippen LogP contribution >= 0.6 is 0 Å². The maximum absolute atomic E-state index is 11.3. The highest BCUT2D eigenvalue weighted by atomic mass is 28.4. The average Bonchev–Trinajstić information content (AvgIpc) is 1.94. The van der Waals surface area contributed by atoms with Crippen molar-refractivity contribution < 1.29 is 13.6 Å². The summed E-state index contributed by atoms with van der Waals surface area (Å²) in [4.78, 5) is 11.3. The Labute approximate surface area is 89.1 Å². The van der Waals surface area contributed by atoms with Crippen LogP contribution in [0.2, 0.25) is 39.3 Å². The van der Waals surface area contributed by atoms with Crippen LogP contribution in [0, 0.1) is 0 Å². The minimum atomic E-state index is -1.56. The van der Waals surface area contributed by atoms with Gasteiger partial charge in [-0.15, -0.1) is 0 Å². The van der Waals surface area contributed by atoms with Gasteiger partial charge in [-0.2, -0.15) is 0 Å². The van der Waals surface area contributed by atoms with Crippen molar-refractivity contribution in [1.82, 2.24) is 0 Å². The number of carbonyl (C=O) groups is 1. The van der Waals surface area contributed by atoms with Crippen molar-refractivity contribution in [1.29, 1.82) is 0 Å². The van der Waals surface area contributed by atoms with E-state index in [9.17, 15) is 4.79 Å². The molecule has 84 valence electrons. The second-order valence-corrected chi connectivity index (χ2v) is 14.4. The second kappa shape index (κ2) is 5.20. The van der Waals surface area contributed by atoms with Crippen molar-refractivity contribution >= 4 is 22.4 Å². The second-order valence-electron chi connectivity index (χ2n) is 5.34. The summed E-state index contributed by atoms with van der Waals surface area (Å²) < 4.78 is 11.0. The molecule has 0 aliphatic heterocycles. The number of carbonyl (C=O) groups excluding carboxylic acids is 1. The molecule has 0 rings (SSSR count). The van der Waals surface area contributed by atoms with Crippen LogP contribution in [0.4, 0.5) is 0 Å². The van der Waals surface area contributed by atoms with Crippen LogP contribution in [0.25, 0.3) is 0 Å². The fourth-order valence-electron chi connectivity index (χ4n) is 0.636. The summed E-state index contributed by atoms with van der Waals surface area (Å²) in [6.45, 7) is 12.8. The maximum Gasteiger partial charge on any atom is 0.184 e. The first-order chi connectivity index (χ1) is 6.10. The molecule has 14 heavy (non-hydrogen) atoms. The highest BCUT2D eigenvalue weighted by molar-refractivity contribution is 6.70. The molecule has 0 saturated carbocycles. The molecule has 0 radical (unpaired) electrons. The van der Waals surface area contributed by atoms with E-state index in [-0.39, 0.29) is 19.0 Å². The zero-order valence-corrected chi connectivity index (χ0v) is 12.1. The lowest BCUT2D eigenvalue weighted by Crippen LogP contribution is -2.33. The lowest BCUT2D eigenvalue weighted by atomic mass is 10.5. The van der Waals surface area contributed by atoms with Gasteiger partial charge in [0.15, 0.2) is 22.4 Å². The summed E-state index contributed by atoms with van der Waals surface area (Å²) in [7, 11) is -3.12. The molecule has 5 heteroatoms. The van der Waals surface area contributed by atoms with E-state index >= 15 is 0 Å². The molecular weight excluding hydrogens is 212 g/mol. The first-order valence-corrected chi connectivity index (χ1v) is 11.7. The van der Waals surface area contributed by atoms with Gasteiger partial charge in [-0.25, -0.2) is 0 Å². The van der Waals surface area contributed by atoms with E-state index in [2.05, 4.69) is 39.3 Å². The third kappa shape index (κ3) is 10.1. The van der Waals surface area contributed by atoms with E-state index < -0.39 is 16.6 Å². The van der Waals surface area contributed by atoms with Gasteiger partial charge in [-0.05, 0) is 39.3 Å². The Kier molecular flexibility index (Phi) is 5.21. The maximum atomic E-state index is 11.3. The van der Waals surface area contributed by atoms with E-state index in [0.717, 1.165) is 0 Å². The van der Waals surface area contributed by atoms with E-state index in [1.54, 1.807) is 0 Å². The van der Waals surface area contributed by atoms with E-state index in [1.807, 2.05) is 0 Å². The molecule has 0 saturated heterocycles. The Bertz CT molecular complexity index is 171. The Morgan fingerprint density at radius 3 is 1.36 bits per heavy atom. The van der Waals surface area contributed by atoms with E-state index in [1.165, 1.54) is 0 Å². The normalized spacial score (nSPS) is 13.0. The number of Topliss-reactive ketones (excluding diaryl/α,β-unsaturated/α-hetero) is 1. The molecule has 0 aromatic carbocycles. The third-order valence-electron chi connectivity index (χ3n) is 1.33. The molecule has 0 spiro atoms. The molecule has 0 bridgehead atoms. The van der Waals surface area contributed by atoms with Crippen LogP contribution in [0.15, 0.2) is 0 Å². The van der Waals surface area contributed by atoms with Crippen LogP contribution in [-0.2, 0) is 13.6 Å². The van der Waals surface area contributed by atoms with Gasteiger partial charge in [-0.3, -0.25) is 4.79 Å². The quantitative estimate of drug-likeness (QED) is 0.661. The van der Waals surface area contributed by atoms with Gasteiger partial charge >= 0.3 is 0 Å². The van der Waals surface area contributed by atoms with Gasteiger partial charge in [0, 0.05) is 0 Å². The average molecular weight is 234 g/mol. The molecule has 0 fully saturated rings. The Balaban J connectivity index is 3.68. The first-order valence-electron chi connectivity index (χ1n) is 4.90. The SMILES string of the molecule is C[Si](C)(C)OCC(=O)CO[Si](C)(C)C. The van der Waals surface area contributed by atoms with Crippen molar-refractivity contribution in [2.24, 2.45) is 0 Å². The van der Waals surface area contributed by atoms with Crippen LogP contribution in [-0.4, -0.2) is 35.6 Å². The predicted octanol–water partition coefficient (Wildman–Crippen LogP) is 2.26. The highest BCUT2D eigenvalue weighted by Crippen LogP contribution is 2.04. The van der Waals surface area contributed by atoms with Crippen LogP contribution in [0.5, 0.6) is 0 Å². The molecule has 0 aromatic rings. The molecule has 0 aliphatic carbocycles. The molecule has 3 nitrogen and oxygen atoms in total. The van der Waals surface area contributed by atoms with Crippen LogP contribution < -0.4 is 0 Å². The number of hydrogen-bond donors (Lipinski definition) is 0. The van der Waals surface area contributed by atoms with Crippen LogP contribution in [0.3, 0.4) is 0 Å². The van der Waals surface area contributed by atoms with Gasteiger partial charge in [0.2, 0.25) is 0 Å². The molecular formula is C9H22O3Si2. The third-order valence-corrected chi connectivity index (χ3v) is 3.35. The lowest BCUT2D eigenvalue weighted by Gasteiger charge is -2.19. The number of ketones is 1. The number of hydrogen-bond acceptors (Lipinski definition) is 3. The molecule has 0 aliphatic rings. The van der Waals surface area contributed by atoms with Crippen molar-refractivity contribution in [2.75, 3.05) is 13.2 Å². The van der Waals surface area contributed by atoms with E-state index in [4.69, 9.17) is 8.85 Å². The van der Waals surface area contributed by atoms with Crippen molar-refractivity contribution in [3.8, 4) is 0 Å². The standard InChI is InChI=1S/C9H22O3Si2/c1-13(2,3)11-7-9(10)8-12-14(4,5)6/h7-8H2,1-6H3. The Morgan fingerprint density at radius 1 is 0.857 bits per heavy atom. The topological polar surface area (TPSA) is 35.5 Å². The molecule has 0 unspecified atom stereocenters. The van der Waals surface area contributed by atoms with Crippen LogP contribution in [0.1, 0.15) is 0 Å². The molecule has 0 amide bonds. The number of rotatable bonds is 6. The molecule has 0 atom stereocenters. The Morgan fingerprint density at radius 2 is 1.14 bits per heavy atom. The zero-order chi connectivity index (χ0) is 11.4. The summed E-state index contributed by atoms with van der Waals surface area (Å²) in [5.41, 5.74) is 0. The fourth-order valence-corrected chi connectivity index (χ4v) is 1.82. The Hall–Kier alpha value is 0.0238. The monoisotopic (exact) mass is 234 g/mol. The summed E-state index contributed by atoms with van der Waals surface area (Å²) in [5.74, 6) is 0.0508. The summed E-state index contributed by atoms with van der Waals surface area (Å²) in [5, 5.41) is 0. The summed E-state index contributed by atoms with van der Waals surface area (Å²) in [6.07, 6.45) is 0. The minimum absolute atomic E-state index is 0.0508. The zero-order valence-electron chi connectivity index (χ0n) is 10.1. The smallest absolute Gasteiger partial charge is 0.184 e. The molecule has 0 aromatic heterocycles. The van der Waals surface area contributed by atoms with Gasteiger partial charge in [0.1, 0.15) is 0 Å². The van der Waals surface area contributed by atoms with E-state index in [0.29, 0.717) is 0 Å². The van der Waals surface area contributed by atoms with Gasteiger partial charge in [0.05, 0.1) is 13.2 Å². The lowest BCUT2D eigenvalue weighted by molar-refractivity contribution is -0.123. The highest BCUT2D eigenvalue weighted by Gasteiger charge is 2.19.